The van der Waals surface area contributed by atoms with Crippen molar-refractivity contribution in [3.05, 3.63) is 0 Å². The third-order valence-corrected chi connectivity index (χ3v) is 1.94. The fraction of sp³-hybridized carbons (Fsp3) is 0.857. The Hall–Kier alpha value is -1.19. The molecule has 0 fully saturated rings. The number of carbonyl (C=O) groups is 1. The second-order valence-corrected chi connectivity index (χ2v) is 2.94. The largest absolute Gasteiger partial charge is 0.463 e. The van der Waals surface area contributed by atoms with Crippen molar-refractivity contribution < 1.29 is 41.1 Å². The first kappa shape index (κ1) is 15.8. The minimum atomic E-state index is -6.15. The molecule has 0 aliphatic heterocycles. The maximum absolute atomic E-state index is 13.5. The fourth-order valence-electron chi connectivity index (χ4n) is 1.04. The molecule has 0 rings (SSSR count). The number of hydrogen-bond donors (Lipinski definition) is 1. The van der Waals surface area contributed by atoms with Crippen molar-refractivity contribution in [2.45, 2.75) is 31.2 Å². The highest BCUT2D eigenvalue weighted by Crippen LogP contribution is 2.49. The van der Waals surface area contributed by atoms with Gasteiger partial charge < -0.3 is 5.11 Å². The SMILES string of the molecule is CCC(F)(F)C(F)(N(OC)C(=O)O)C(F)(F)F. The molecule has 0 spiro atoms. The van der Waals surface area contributed by atoms with Gasteiger partial charge in [0.1, 0.15) is 0 Å². The van der Waals surface area contributed by atoms with Crippen LogP contribution < -0.4 is 0 Å². The molecule has 1 amide bonds. The summed E-state index contributed by atoms with van der Waals surface area (Å²) < 4.78 is 76.6. The van der Waals surface area contributed by atoms with E-state index in [2.05, 4.69) is 4.84 Å². The van der Waals surface area contributed by atoms with Crippen LogP contribution in [-0.4, -0.2) is 41.3 Å². The van der Waals surface area contributed by atoms with Crippen molar-refractivity contribution in [3.63, 3.8) is 0 Å². The van der Waals surface area contributed by atoms with E-state index in [1.165, 1.54) is 0 Å². The summed E-state index contributed by atoms with van der Waals surface area (Å²) in [5.41, 5.74) is 0. The van der Waals surface area contributed by atoms with Crippen molar-refractivity contribution in [2.24, 2.45) is 0 Å². The van der Waals surface area contributed by atoms with Crippen molar-refractivity contribution in [1.82, 2.24) is 5.06 Å². The Balaban J connectivity index is 5.80. The minimum absolute atomic E-state index is 0.333. The first-order chi connectivity index (χ1) is 7.45. The van der Waals surface area contributed by atoms with E-state index in [1.54, 1.807) is 0 Å². The first-order valence-electron chi connectivity index (χ1n) is 4.16. The molecule has 102 valence electrons. The van der Waals surface area contributed by atoms with Gasteiger partial charge in [-0.05, 0) is 0 Å². The van der Waals surface area contributed by atoms with E-state index >= 15 is 0 Å². The van der Waals surface area contributed by atoms with Crippen LogP contribution in [0.5, 0.6) is 0 Å². The molecule has 0 heterocycles. The Morgan fingerprint density at radius 1 is 1.24 bits per heavy atom. The quantitative estimate of drug-likeness (QED) is 0.485. The summed E-state index contributed by atoms with van der Waals surface area (Å²) in [4.78, 5) is 13.9. The summed E-state index contributed by atoms with van der Waals surface area (Å²) >= 11 is 0. The average Bonchev–Trinajstić information content (AvgIpc) is 2.15. The molecule has 1 N–H and O–H groups in total. The zero-order valence-corrected chi connectivity index (χ0v) is 8.69. The molecule has 0 bridgehead atoms. The number of nitrogens with zero attached hydrogens (tertiary/aromatic N) is 1. The molecule has 10 heteroatoms. The van der Waals surface area contributed by atoms with Crippen LogP contribution in [0.25, 0.3) is 0 Å². The predicted molar refractivity (Wildman–Crippen MR) is 42.0 cm³/mol. The maximum atomic E-state index is 13.5. The number of halogens is 6. The Morgan fingerprint density at radius 2 is 1.65 bits per heavy atom. The molecule has 17 heavy (non-hydrogen) atoms. The van der Waals surface area contributed by atoms with E-state index in [0.29, 0.717) is 14.0 Å². The van der Waals surface area contributed by atoms with Gasteiger partial charge in [-0.2, -0.15) is 17.6 Å². The number of rotatable bonds is 4. The molecule has 1 atom stereocenters. The molecular formula is C7H9F6NO3. The van der Waals surface area contributed by atoms with E-state index in [-0.39, 0.29) is 0 Å². The van der Waals surface area contributed by atoms with Gasteiger partial charge in [0.25, 0.3) is 0 Å². The van der Waals surface area contributed by atoms with Crippen LogP contribution in [0.3, 0.4) is 0 Å². The first-order valence-corrected chi connectivity index (χ1v) is 4.16. The molecule has 1 unspecified atom stereocenters. The topological polar surface area (TPSA) is 49.8 Å². The highest BCUT2D eigenvalue weighted by atomic mass is 19.4. The lowest BCUT2D eigenvalue weighted by Crippen LogP contribution is -2.66. The van der Waals surface area contributed by atoms with Crippen LogP contribution >= 0.6 is 0 Å². The van der Waals surface area contributed by atoms with Gasteiger partial charge in [0, 0.05) is 6.42 Å². The highest BCUT2D eigenvalue weighted by Gasteiger charge is 2.76. The predicted octanol–water partition coefficient (Wildman–Crippen LogP) is 2.80. The lowest BCUT2D eigenvalue weighted by atomic mass is 10.0. The van der Waals surface area contributed by atoms with Crippen LogP contribution in [0.2, 0.25) is 0 Å². The Labute approximate surface area is 91.7 Å². The van der Waals surface area contributed by atoms with Gasteiger partial charge in [0.15, 0.2) is 0 Å². The third kappa shape index (κ3) is 2.40. The molecule has 0 saturated heterocycles. The maximum Gasteiger partial charge on any atom is 0.450 e. The smallest absolute Gasteiger partial charge is 0.450 e. The summed E-state index contributed by atoms with van der Waals surface area (Å²) in [6.07, 6.45) is -10.3. The monoisotopic (exact) mass is 269 g/mol. The van der Waals surface area contributed by atoms with Gasteiger partial charge in [-0.3, -0.25) is 4.84 Å². The van der Waals surface area contributed by atoms with Gasteiger partial charge >= 0.3 is 24.0 Å². The molecule has 0 aliphatic rings. The Bertz CT molecular complexity index is 294. The Kier molecular flexibility index (Phi) is 4.27. The summed E-state index contributed by atoms with van der Waals surface area (Å²) in [6, 6.07) is 0. The van der Waals surface area contributed by atoms with Crippen LogP contribution in [0, 0.1) is 0 Å². The normalized spacial score (nSPS) is 16.5. The molecule has 0 radical (unpaired) electrons. The van der Waals surface area contributed by atoms with E-state index in [4.69, 9.17) is 5.11 Å². The summed E-state index contributed by atoms with van der Waals surface area (Å²) in [5, 5.41) is 6.81. The molecule has 0 aromatic heterocycles. The second-order valence-electron chi connectivity index (χ2n) is 2.94. The molecule has 0 aliphatic carbocycles. The number of hydroxylamine groups is 2. The number of alkyl halides is 6. The fourth-order valence-corrected chi connectivity index (χ4v) is 1.04. The average molecular weight is 269 g/mol. The molecule has 0 aromatic carbocycles. The summed E-state index contributed by atoms with van der Waals surface area (Å²) in [7, 11) is 0.333. The van der Waals surface area contributed by atoms with E-state index in [1.807, 2.05) is 0 Å². The van der Waals surface area contributed by atoms with Gasteiger partial charge in [-0.1, -0.05) is 6.92 Å². The van der Waals surface area contributed by atoms with Crippen LogP contribution in [0.4, 0.5) is 31.1 Å². The lowest BCUT2D eigenvalue weighted by molar-refractivity contribution is -0.399. The van der Waals surface area contributed by atoms with Crippen molar-refractivity contribution in [2.75, 3.05) is 7.11 Å². The number of carboxylic acid groups (broad SMARTS) is 1. The minimum Gasteiger partial charge on any atom is -0.463 e. The van der Waals surface area contributed by atoms with E-state index in [0.717, 1.165) is 0 Å². The zero-order chi connectivity index (χ0) is 14.1. The van der Waals surface area contributed by atoms with E-state index in [9.17, 15) is 31.1 Å². The van der Waals surface area contributed by atoms with Gasteiger partial charge in [-0.15, -0.1) is 5.06 Å². The number of hydrogen-bond acceptors (Lipinski definition) is 2. The summed E-state index contributed by atoms with van der Waals surface area (Å²) in [6.45, 7) is 0.579. The zero-order valence-electron chi connectivity index (χ0n) is 8.69. The van der Waals surface area contributed by atoms with Crippen LogP contribution in [-0.2, 0) is 4.84 Å². The van der Waals surface area contributed by atoms with Gasteiger partial charge in [0.05, 0.1) is 7.11 Å². The molecular weight excluding hydrogens is 260 g/mol. The van der Waals surface area contributed by atoms with Gasteiger partial charge in [0.2, 0.25) is 0 Å². The van der Waals surface area contributed by atoms with Gasteiger partial charge in [-0.25, -0.2) is 13.6 Å². The molecule has 4 nitrogen and oxygen atoms in total. The molecule has 0 aromatic rings. The molecule has 0 saturated carbocycles. The second kappa shape index (κ2) is 4.59. The standard InChI is InChI=1S/C7H9F6NO3/c1-3-5(8,9)6(10,7(11,12)13)14(17-2)4(15)16/h3H2,1-2H3,(H,15,16). The van der Waals surface area contributed by atoms with Crippen molar-refractivity contribution >= 4 is 6.09 Å². The van der Waals surface area contributed by atoms with E-state index < -0.39 is 35.5 Å². The van der Waals surface area contributed by atoms with Crippen LogP contribution in [0.1, 0.15) is 13.3 Å². The lowest BCUT2D eigenvalue weighted by Gasteiger charge is -2.39. The van der Waals surface area contributed by atoms with Crippen molar-refractivity contribution in [1.29, 1.82) is 0 Å². The third-order valence-electron chi connectivity index (χ3n) is 1.94. The summed E-state index contributed by atoms with van der Waals surface area (Å²) in [5.74, 6) is -10.4. The number of amides is 1. The Morgan fingerprint density at radius 3 is 1.82 bits per heavy atom. The van der Waals surface area contributed by atoms with Crippen LogP contribution in [0.15, 0.2) is 0 Å². The van der Waals surface area contributed by atoms with Crippen molar-refractivity contribution in [3.8, 4) is 0 Å². The highest BCUT2D eigenvalue weighted by molar-refractivity contribution is 5.64.